The average Bonchev–Trinajstić information content (AvgIpc) is 3.53. The van der Waals surface area contributed by atoms with Crippen LogP contribution in [0, 0.1) is 43.0 Å². The molecule has 1 aliphatic carbocycles. The number of hydrogen-bond donors (Lipinski definition) is 4. The van der Waals surface area contributed by atoms with Crippen LogP contribution in [-0.2, 0) is 16.4 Å². The lowest BCUT2D eigenvalue weighted by molar-refractivity contribution is 0.0216. The van der Waals surface area contributed by atoms with Crippen LogP contribution >= 0.6 is 11.3 Å². The molecule has 1 fully saturated rings. The first-order valence-electron chi connectivity index (χ1n) is 14.4. The minimum atomic E-state index is -4.26. The maximum atomic E-state index is 14.3. The number of anilines is 2. The SMILES string of the molecule is Cc1nc(NCc2c(F)cccc2F)nc(NC2C[C@H](CS(=O)(=O)c3cc(F)cc(F)c3)[C@@H](O)[C@H]2O)c1-c1nc2c(C)nccc2s1. The molecule has 3 aromatic heterocycles. The summed E-state index contributed by atoms with van der Waals surface area (Å²) in [7, 11) is -4.26. The van der Waals surface area contributed by atoms with Gasteiger partial charge in [-0.2, -0.15) is 4.98 Å². The zero-order valence-corrected chi connectivity index (χ0v) is 26.5. The number of nitrogens with zero attached hydrogens (tertiary/aromatic N) is 4. The van der Waals surface area contributed by atoms with Gasteiger partial charge in [0.1, 0.15) is 45.7 Å². The molecule has 3 heterocycles. The van der Waals surface area contributed by atoms with Gasteiger partial charge in [-0.05, 0) is 50.6 Å². The molecule has 10 nitrogen and oxygen atoms in total. The lowest BCUT2D eigenvalue weighted by Gasteiger charge is -2.21. The van der Waals surface area contributed by atoms with Crippen LogP contribution in [0.5, 0.6) is 0 Å². The number of halogens is 4. The summed E-state index contributed by atoms with van der Waals surface area (Å²) in [5.74, 6) is -5.19. The lowest BCUT2D eigenvalue weighted by atomic mass is 10.1. The normalized spacial score (nSPS) is 19.7. The van der Waals surface area contributed by atoms with E-state index in [0.717, 1.165) is 16.8 Å². The Labute approximate surface area is 270 Å². The minimum Gasteiger partial charge on any atom is -0.390 e. The lowest BCUT2D eigenvalue weighted by Crippen LogP contribution is -2.36. The topological polar surface area (TPSA) is 150 Å². The number of aromatic nitrogens is 4. The molecular weight excluding hydrogens is 661 g/mol. The summed E-state index contributed by atoms with van der Waals surface area (Å²) in [6.07, 6.45) is -1.38. The van der Waals surface area contributed by atoms with E-state index >= 15 is 0 Å². The van der Waals surface area contributed by atoms with Crippen molar-refractivity contribution in [1.29, 1.82) is 0 Å². The Hall–Kier alpha value is -4.25. The third-order valence-corrected chi connectivity index (χ3v) is 10.9. The number of fused-ring (bicyclic) bond motifs is 1. The molecule has 1 unspecified atom stereocenters. The van der Waals surface area contributed by atoms with Crippen LogP contribution in [0.15, 0.2) is 53.6 Å². The second-order valence-electron chi connectivity index (χ2n) is 11.3. The quantitative estimate of drug-likeness (QED) is 0.157. The van der Waals surface area contributed by atoms with Crippen molar-refractivity contribution >= 4 is 43.2 Å². The number of aliphatic hydroxyl groups is 2. The molecule has 0 saturated heterocycles. The second kappa shape index (κ2) is 12.7. The van der Waals surface area contributed by atoms with E-state index < -0.39 is 67.9 Å². The Bertz CT molecular complexity index is 2060. The number of benzene rings is 2. The Kier molecular flexibility index (Phi) is 8.86. The van der Waals surface area contributed by atoms with Gasteiger partial charge in [0, 0.05) is 30.3 Å². The van der Waals surface area contributed by atoms with Crippen LogP contribution in [0.3, 0.4) is 0 Å². The molecule has 246 valence electrons. The van der Waals surface area contributed by atoms with Gasteiger partial charge in [-0.25, -0.2) is 35.9 Å². The number of thiazole rings is 1. The Balaban J connectivity index is 1.33. The van der Waals surface area contributed by atoms with Gasteiger partial charge in [0.25, 0.3) is 0 Å². The zero-order valence-electron chi connectivity index (χ0n) is 24.9. The first-order chi connectivity index (χ1) is 22.3. The van der Waals surface area contributed by atoms with E-state index in [1.54, 1.807) is 19.2 Å². The van der Waals surface area contributed by atoms with Gasteiger partial charge in [0.05, 0.1) is 44.4 Å². The van der Waals surface area contributed by atoms with Gasteiger partial charge in [0.2, 0.25) is 5.95 Å². The highest BCUT2D eigenvalue weighted by Crippen LogP contribution is 2.39. The molecule has 2 aromatic carbocycles. The maximum Gasteiger partial charge on any atom is 0.225 e. The van der Waals surface area contributed by atoms with Crippen LogP contribution in [0.4, 0.5) is 29.3 Å². The first kappa shape index (κ1) is 32.7. The molecule has 0 radical (unpaired) electrons. The number of pyridine rings is 1. The molecule has 16 heteroatoms. The van der Waals surface area contributed by atoms with Gasteiger partial charge < -0.3 is 20.8 Å². The van der Waals surface area contributed by atoms with Crippen molar-refractivity contribution in [3.05, 3.63) is 88.9 Å². The second-order valence-corrected chi connectivity index (χ2v) is 14.4. The molecule has 1 saturated carbocycles. The third kappa shape index (κ3) is 6.63. The van der Waals surface area contributed by atoms with E-state index in [9.17, 15) is 36.2 Å². The van der Waals surface area contributed by atoms with E-state index in [2.05, 4.69) is 25.6 Å². The first-order valence-corrected chi connectivity index (χ1v) is 16.9. The zero-order chi connectivity index (χ0) is 33.6. The number of nitrogens with one attached hydrogen (secondary N) is 2. The van der Waals surface area contributed by atoms with Gasteiger partial charge in [-0.1, -0.05) is 6.07 Å². The molecule has 1 aliphatic rings. The maximum absolute atomic E-state index is 14.3. The molecule has 5 aromatic rings. The number of hydrogen-bond acceptors (Lipinski definition) is 11. The van der Waals surface area contributed by atoms with Crippen molar-refractivity contribution in [2.24, 2.45) is 5.92 Å². The van der Waals surface area contributed by atoms with Crippen LogP contribution in [-0.4, -0.2) is 62.6 Å². The van der Waals surface area contributed by atoms with E-state index in [1.807, 2.05) is 6.92 Å². The molecule has 4 atom stereocenters. The van der Waals surface area contributed by atoms with E-state index in [0.29, 0.717) is 45.7 Å². The smallest absolute Gasteiger partial charge is 0.225 e. The molecule has 0 spiro atoms. The minimum absolute atomic E-state index is 0.00402. The summed E-state index contributed by atoms with van der Waals surface area (Å²) in [4.78, 5) is 17.5. The fourth-order valence-electron chi connectivity index (χ4n) is 5.66. The molecule has 47 heavy (non-hydrogen) atoms. The Morgan fingerprint density at radius 2 is 1.64 bits per heavy atom. The van der Waals surface area contributed by atoms with Crippen molar-refractivity contribution in [3.8, 4) is 10.6 Å². The predicted molar refractivity (Wildman–Crippen MR) is 168 cm³/mol. The monoisotopic (exact) mass is 688 g/mol. The fourth-order valence-corrected chi connectivity index (χ4v) is 8.45. The van der Waals surface area contributed by atoms with Crippen LogP contribution < -0.4 is 10.6 Å². The Morgan fingerprint density at radius 1 is 0.936 bits per heavy atom. The summed E-state index contributed by atoms with van der Waals surface area (Å²) in [6.45, 7) is 3.21. The van der Waals surface area contributed by atoms with E-state index in [-0.39, 0.29) is 30.3 Å². The highest BCUT2D eigenvalue weighted by molar-refractivity contribution is 7.91. The van der Waals surface area contributed by atoms with Crippen LogP contribution in [0.1, 0.15) is 23.4 Å². The van der Waals surface area contributed by atoms with E-state index in [1.165, 1.54) is 17.4 Å². The summed E-state index contributed by atoms with van der Waals surface area (Å²) in [5, 5.41) is 28.3. The van der Waals surface area contributed by atoms with Crippen molar-refractivity contribution < 1.29 is 36.2 Å². The number of aliphatic hydroxyl groups excluding tert-OH is 2. The summed E-state index contributed by atoms with van der Waals surface area (Å²) in [6, 6.07) is 6.30. The molecule has 6 rings (SSSR count). The summed E-state index contributed by atoms with van der Waals surface area (Å²) < 4.78 is 83.1. The van der Waals surface area contributed by atoms with Crippen molar-refractivity contribution in [2.45, 2.75) is 50.0 Å². The highest BCUT2D eigenvalue weighted by Gasteiger charge is 2.44. The molecular formula is C31H28F4N6O4S2. The van der Waals surface area contributed by atoms with Gasteiger partial charge in [0.15, 0.2) is 9.84 Å². The van der Waals surface area contributed by atoms with Crippen molar-refractivity contribution in [1.82, 2.24) is 19.9 Å². The molecule has 0 bridgehead atoms. The Morgan fingerprint density at radius 3 is 2.32 bits per heavy atom. The standard InChI is InChI=1S/C31H28F4N6O4S2/c1-14-25(30-40-26-15(2)36-7-6-24(26)46-30)29(41-31(38-14)37-12-20-21(34)4-3-5-22(20)35)39-23-8-16(27(42)28(23)43)13-47(44,45)19-10-17(32)9-18(33)11-19/h3-7,9-11,16,23,27-28,42-43H,8,12-13H2,1-2H3,(H2,37,38,39,41)/t16-,23?,27-,28+/m1/s1. The van der Waals surface area contributed by atoms with Crippen LogP contribution in [0.2, 0.25) is 0 Å². The summed E-state index contributed by atoms with van der Waals surface area (Å²) in [5.41, 5.74) is 1.99. The fraction of sp³-hybridized carbons (Fsp3) is 0.290. The molecule has 0 aliphatic heterocycles. The predicted octanol–water partition coefficient (Wildman–Crippen LogP) is 4.93. The largest absolute Gasteiger partial charge is 0.390 e. The van der Waals surface area contributed by atoms with Gasteiger partial charge in [-0.3, -0.25) is 4.98 Å². The number of sulfone groups is 1. The average molecular weight is 689 g/mol. The van der Waals surface area contributed by atoms with Gasteiger partial charge in [-0.15, -0.1) is 11.3 Å². The molecule has 0 amide bonds. The third-order valence-electron chi connectivity index (χ3n) is 8.03. The number of aryl methyl sites for hydroxylation is 2. The van der Waals surface area contributed by atoms with Crippen molar-refractivity contribution in [3.63, 3.8) is 0 Å². The molecule has 4 N–H and O–H groups in total. The van der Waals surface area contributed by atoms with Crippen LogP contribution in [0.25, 0.3) is 20.8 Å². The van der Waals surface area contributed by atoms with Gasteiger partial charge >= 0.3 is 0 Å². The highest BCUT2D eigenvalue weighted by atomic mass is 32.2. The summed E-state index contributed by atoms with van der Waals surface area (Å²) >= 11 is 1.34. The number of rotatable bonds is 9. The van der Waals surface area contributed by atoms with E-state index in [4.69, 9.17) is 4.98 Å². The van der Waals surface area contributed by atoms with Crippen molar-refractivity contribution in [2.75, 3.05) is 16.4 Å².